The quantitative estimate of drug-likeness (QED) is 0.769. The van der Waals surface area contributed by atoms with Crippen LogP contribution < -0.4 is 0 Å². The van der Waals surface area contributed by atoms with Crippen molar-refractivity contribution < 1.29 is 24.0 Å². The van der Waals surface area contributed by atoms with Crippen molar-refractivity contribution in [2.24, 2.45) is 5.92 Å². The summed E-state index contributed by atoms with van der Waals surface area (Å²) in [5.74, 6) is -1.54. The highest BCUT2D eigenvalue weighted by atomic mass is 16.7. The summed E-state index contributed by atoms with van der Waals surface area (Å²) in [5.41, 5.74) is 2.23. The maximum atomic E-state index is 12.3. The molecule has 1 aromatic carbocycles. The number of hydroxylamine groups is 2. The van der Waals surface area contributed by atoms with E-state index >= 15 is 0 Å². The number of carbonyl (C=O) groups excluding carboxylic acids is 4. The minimum atomic E-state index is -0.798. The van der Waals surface area contributed by atoms with Crippen LogP contribution in [0.4, 0.5) is 0 Å². The summed E-state index contributed by atoms with van der Waals surface area (Å²) < 4.78 is 0. The molecule has 1 fully saturated rings. The summed E-state index contributed by atoms with van der Waals surface area (Å²) in [6, 6.07) is 6.50. The first kappa shape index (κ1) is 16.4. The minimum Gasteiger partial charge on any atom is -0.325 e. The van der Waals surface area contributed by atoms with Gasteiger partial charge in [0.25, 0.3) is 11.8 Å². The monoisotopic (exact) mass is 352 g/mol. The number of fused-ring (bicyclic) bond motifs is 2. The molecule has 4 rings (SSSR count). The SMILES string of the molecule is CC1CC(=O)c2cc3cc(C(=O)ON4C(=O)CCC4=O)ccc3nc2C1. The molecule has 1 aliphatic heterocycles. The van der Waals surface area contributed by atoms with Gasteiger partial charge in [-0.25, -0.2) is 4.79 Å². The molecular formula is C19H16N2O5. The smallest absolute Gasteiger partial charge is 0.325 e. The third-order valence-corrected chi connectivity index (χ3v) is 4.69. The topological polar surface area (TPSA) is 93.6 Å². The number of imide groups is 1. The van der Waals surface area contributed by atoms with E-state index in [0.29, 0.717) is 28.0 Å². The number of aromatic nitrogens is 1. The standard InChI is InChI=1S/C19H16N2O5/c1-10-6-15-13(16(22)7-10)9-12-8-11(2-3-14(12)20-15)19(25)26-21-17(23)4-5-18(21)24/h2-3,8-10H,4-7H2,1H3. The number of pyridine rings is 1. The molecule has 26 heavy (non-hydrogen) atoms. The zero-order valence-corrected chi connectivity index (χ0v) is 14.2. The van der Waals surface area contributed by atoms with E-state index in [1.165, 1.54) is 6.07 Å². The Morgan fingerprint density at radius 1 is 1.12 bits per heavy atom. The molecule has 1 aromatic heterocycles. The number of Topliss-reactive ketones (excluding diaryl/α,β-unsaturated/α-hetero) is 1. The second-order valence-electron chi connectivity index (χ2n) is 6.79. The molecule has 1 atom stereocenters. The zero-order chi connectivity index (χ0) is 18.4. The van der Waals surface area contributed by atoms with Crippen LogP contribution in [0.1, 0.15) is 52.6 Å². The highest BCUT2D eigenvalue weighted by Gasteiger charge is 2.33. The van der Waals surface area contributed by atoms with Crippen molar-refractivity contribution >= 4 is 34.5 Å². The maximum absolute atomic E-state index is 12.3. The van der Waals surface area contributed by atoms with Gasteiger partial charge in [0.05, 0.1) is 16.8 Å². The Bertz CT molecular complexity index is 965. The van der Waals surface area contributed by atoms with E-state index in [-0.39, 0.29) is 30.1 Å². The van der Waals surface area contributed by atoms with Gasteiger partial charge in [0.2, 0.25) is 0 Å². The van der Waals surface area contributed by atoms with Gasteiger partial charge in [-0.15, -0.1) is 5.06 Å². The first-order valence-electron chi connectivity index (χ1n) is 8.47. The largest absolute Gasteiger partial charge is 0.363 e. The lowest BCUT2D eigenvalue weighted by atomic mass is 9.86. The van der Waals surface area contributed by atoms with Crippen molar-refractivity contribution in [3.8, 4) is 0 Å². The van der Waals surface area contributed by atoms with Crippen LogP contribution in [0, 0.1) is 5.92 Å². The van der Waals surface area contributed by atoms with Crippen LogP contribution in [0.25, 0.3) is 10.9 Å². The first-order valence-corrected chi connectivity index (χ1v) is 8.47. The number of rotatable bonds is 2. The summed E-state index contributed by atoms with van der Waals surface area (Å²) in [7, 11) is 0. The number of benzene rings is 1. The molecule has 1 aliphatic carbocycles. The predicted molar refractivity (Wildman–Crippen MR) is 90.1 cm³/mol. The van der Waals surface area contributed by atoms with Crippen LogP contribution >= 0.6 is 0 Å². The number of carbonyl (C=O) groups is 4. The molecule has 0 radical (unpaired) electrons. The number of hydrogen-bond acceptors (Lipinski definition) is 6. The molecule has 2 heterocycles. The molecule has 0 bridgehead atoms. The van der Waals surface area contributed by atoms with Gasteiger partial charge < -0.3 is 4.84 Å². The molecule has 7 heteroatoms. The minimum absolute atomic E-state index is 0.0421. The fraction of sp³-hybridized carbons (Fsp3) is 0.316. The van der Waals surface area contributed by atoms with E-state index in [4.69, 9.17) is 4.84 Å². The molecule has 132 valence electrons. The van der Waals surface area contributed by atoms with Crippen LogP contribution in [0.3, 0.4) is 0 Å². The number of amides is 2. The molecule has 7 nitrogen and oxygen atoms in total. The Morgan fingerprint density at radius 2 is 1.85 bits per heavy atom. The van der Waals surface area contributed by atoms with Crippen molar-refractivity contribution in [2.75, 3.05) is 0 Å². The Morgan fingerprint density at radius 3 is 2.58 bits per heavy atom. The molecule has 1 saturated heterocycles. The Balaban J connectivity index is 1.66. The summed E-state index contributed by atoms with van der Waals surface area (Å²) in [4.78, 5) is 57.1. The van der Waals surface area contributed by atoms with Crippen LogP contribution in [-0.4, -0.2) is 33.6 Å². The molecule has 2 amide bonds. The number of hydrogen-bond donors (Lipinski definition) is 0. The Labute approximate surface area is 148 Å². The normalized spacial score (nSPS) is 19.8. The zero-order valence-electron chi connectivity index (χ0n) is 14.2. The van der Waals surface area contributed by atoms with Gasteiger partial charge in [0.15, 0.2) is 5.78 Å². The maximum Gasteiger partial charge on any atom is 0.363 e. The van der Waals surface area contributed by atoms with E-state index in [1.54, 1.807) is 18.2 Å². The van der Waals surface area contributed by atoms with Crippen molar-refractivity contribution in [3.63, 3.8) is 0 Å². The third kappa shape index (κ3) is 2.75. The van der Waals surface area contributed by atoms with Gasteiger partial charge in [-0.1, -0.05) is 6.92 Å². The average Bonchev–Trinajstić information content (AvgIpc) is 2.91. The average molecular weight is 352 g/mol. The van der Waals surface area contributed by atoms with Crippen LogP contribution in [0.5, 0.6) is 0 Å². The fourth-order valence-corrected chi connectivity index (χ4v) is 3.36. The van der Waals surface area contributed by atoms with Gasteiger partial charge >= 0.3 is 5.97 Å². The van der Waals surface area contributed by atoms with E-state index in [1.807, 2.05) is 6.92 Å². The molecule has 0 spiro atoms. The van der Waals surface area contributed by atoms with Crippen molar-refractivity contribution in [2.45, 2.75) is 32.6 Å². The van der Waals surface area contributed by atoms with E-state index in [2.05, 4.69) is 4.98 Å². The summed E-state index contributed by atoms with van der Waals surface area (Å²) in [6.07, 6.45) is 1.32. The lowest BCUT2D eigenvalue weighted by Crippen LogP contribution is -2.32. The lowest BCUT2D eigenvalue weighted by Gasteiger charge is -2.20. The van der Waals surface area contributed by atoms with Gasteiger partial charge in [0, 0.05) is 30.2 Å². The van der Waals surface area contributed by atoms with E-state index in [0.717, 1.165) is 12.1 Å². The summed E-state index contributed by atoms with van der Waals surface area (Å²) in [6.45, 7) is 2.02. The van der Waals surface area contributed by atoms with Crippen molar-refractivity contribution in [1.29, 1.82) is 0 Å². The van der Waals surface area contributed by atoms with Gasteiger partial charge in [-0.2, -0.15) is 0 Å². The van der Waals surface area contributed by atoms with E-state index < -0.39 is 17.8 Å². The van der Waals surface area contributed by atoms with Crippen LogP contribution in [-0.2, 0) is 20.8 Å². The second-order valence-corrected chi connectivity index (χ2v) is 6.79. The molecule has 2 aromatic rings. The predicted octanol–water partition coefficient (Wildman–Crippen LogP) is 2.22. The Kier molecular flexibility index (Phi) is 3.79. The molecule has 1 unspecified atom stereocenters. The Hall–Kier alpha value is -3.09. The van der Waals surface area contributed by atoms with E-state index in [9.17, 15) is 19.2 Å². The van der Waals surface area contributed by atoms with Crippen molar-refractivity contribution in [3.05, 3.63) is 41.1 Å². The highest BCUT2D eigenvalue weighted by Crippen LogP contribution is 2.27. The molecular weight excluding hydrogens is 336 g/mol. The highest BCUT2D eigenvalue weighted by molar-refractivity contribution is 6.04. The first-order chi connectivity index (χ1) is 12.4. The van der Waals surface area contributed by atoms with Crippen molar-refractivity contribution in [1.82, 2.24) is 10.0 Å². The number of ketones is 1. The van der Waals surface area contributed by atoms with Crippen LogP contribution in [0.15, 0.2) is 24.3 Å². The third-order valence-electron chi connectivity index (χ3n) is 4.69. The number of nitrogens with zero attached hydrogens (tertiary/aromatic N) is 2. The molecule has 2 aliphatic rings. The lowest BCUT2D eigenvalue weighted by molar-refractivity contribution is -0.172. The fourth-order valence-electron chi connectivity index (χ4n) is 3.36. The molecule has 0 saturated carbocycles. The van der Waals surface area contributed by atoms with Gasteiger partial charge in [-0.3, -0.25) is 19.4 Å². The summed E-state index contributed by atoms with van der Waals surface area (Å²) in [5, 5.41) is 1.16. The van der Waals surface area contributed by atoms with Gasteiger partial charge in [-0.05, 0) is 36.6 Å². The second kappa shape index (κ2) is 6.01. The van der Waals surface area contributed by atoms with Gasteiger partial charge in [0.1, 0.15) is 0 Å². The van der Waals surface area contributed by atoms with Crippen LogP contribution in [0.2, 0.25) is 0 Å². The summed E-state index contributed by atoms with van der Waals surface area (Å²) >= 11 is 0. The molecule has 0 N–H and O–H groups in total.